The molecule has 1 saturated carbocycles. The molecule has 5 rings (SSSR count). The lowest BCUT2D eigenvalue weighted by Gasteiger charge is -2.40. The fourth-order valence-electron chi connectivity index (χ4n) is 7.64. The fraction of sp³-hybridized carbons (Fsp3) is 0.512. The molecule has 2 N–H and O–H groups in total. The van der Waals surface area contributed by atoms with Crippen LogP contribution in [0.4, 0.5) is 0 Å². The third kappa shape index (κ3) is 9.23. The number of piperidine rings is 1. The number of phenols is 1. The molecule has 1 aliphatic heterocycles. The number of aromatic hydroxyl groups is 1. The van der Waals surface area contributed by atoms with Gasteiger partial charge < -0.3 is 43.5 Å². The number of rotatable bonds is 16. The van der Waals surface area contributed by atoms with Crippen molar-refractivity contribution in [2.45, 2.75) is 82.3 Å². The third-order valence-corrected chi connectivity index (χ3v) is 10.3. The minimum absolute atomic E-state index is 0.0620. The summed E-state index contributed by atoms with van der Waals surface area (Å²) in [5.74, 6) is 1.46. The van der Waals surface area contributed by atoms with Gasteiger partial charge in [-0.3, -0.25) is 4.79 Å². The molecule has 11 heteroatoms. The first-order valence-electron chi connectivity index (χ1n) is 18.3. The zero-order valence-corrected chi connectivity index (χ0v) is 30.8. The van der Waals surface area contributed by atoms with Crippen molar-refractivity contribution >= 4 is 11.9 Å². The van der Waals surface area contributed by atoms with E-state index in [0.29, 0.717) is 60.1 Å². The molecule has 1 aliphatic carbocycles. The second kappa shape index (κ2) is 18.7. The Balaban J connectivity index is 1.43. The average Bonchev–Trinajstić information content (AvgIpc) is 3.18. The zero-order chi connectivity index (χ0) is 37.0. The summed E-state index contributed by atoms with van der Waals surface area (Å²) in [5.41, 5.74) is 2.39. The Hall–Kier alpha value is -4.64. The SMILES string of the molecule is COc1ccc(CCC(OC(=O)C2CCCCN2C(=O)C(c2cc(OC)c(OCCO)c(OC)c2)C2CCCCC2)c2cccc(O)c2)cc1OC. The van der Waals surface area contributed by atoms with Gasteiger partial charge in [0.05, 0.1) is 41.0 Å². The van der Waals surface area contributed by atoms with E-state index in [-0.39, 0.29) is 30.8 Å². The topological polar surface area (TPSA) is 133 Å². The van der Waals surface area contributed by atoms with E-state index in [1.807, 2.05) is 36.4 Å². The van der Waals surface area contributed by atoms with Crippen LogP contribution in [0.1, 0.15) is 86.5 Å². The number of carbonyl (C=O) groups excluding carboxylic acids is 2. The molecule has 11 nitrogen and oxygen atoms in total. The molecule has 0 spiro atoms. The number of ether oxygens (including phenoxy) is 6. The van der Waals surface area contributed by atoms with Gasteiger partial charge in [0, 0.05) is 6.54 Å². The smallest absolute Gasteiger partial charge is 0.329 e. The summed E-state index contributed by atoms with van der Waals surface area (Å²) in [7, 11) is 6.24. The number of nitrogens with zero attached hydrogens (tertiary/aromatic N) is 1. The van der Waals surface area contributed by atoms with E-state index in [0.717, 1.165) is 56.1 Å². The number of aliphatic hydroxyl groups is 1. The van der Waals surface area contributed by atoms with Crippen molar-refractivity contribution in [2.24, 2.45) is 5.92 Å². The van der Waals surface area contributed by atoms with Crippen molar-refractivity contribution in [3.05, 3.63) is 71.3 Å². The monoisotopic (exact) mass is 719 g/mol. The van der Waals surface area contributed by atoms with E-state index in [1.54, 1.807) is 37.3 Å². The molecule has 1 amide bonds. The maximum absolute atomic E-state index is 14.9. The zero-order valence-electron chi connectivity index (χ0n) is 30.8. The van der Waals surface area contributed by atoms with Crippen molar-refractivity contribution in [1.82, 2.24) is 4.90 Å². The lowest BCUT2D eigenvalue weighted by molar-refractivity contribution is -0.163. The summed E-state index contributed by atoms with van der Waals surface area (Å²) in [6.45, 7) is 0.328. The van der Waals surface area contributed by atoms with Gasteiger partial charge in [-0.2, -0.15) is 0 Å². The van der Waals surface area contributed by atoms with E-state index < -0.39 is 24.0 Å². The van der Waals surface area contributed by atoms with E-state index in [4.69, 9.17) is 28.4 Å². The molecule has 282 valence electrons. The summed E-state index contributed by atoms with van der Waals surface area (Å²) < 4.78 is 34.4. The van der Waals surface area contributed by atoms with Gasteiger partial charge in [-0.05, 0) is 104 Å². The molecule has 0 aromatic heterocycles. The molecular weight excluding hydrogens is 666 g/mol. The molecule has 1 saturated heterocycles. The predicted octanol–water partition coefficient (Wildman–Crippen LogP) is 6.76. The Kier molecular flexibility index (Phi) is 13.9. The normalized spacial score (nSPS) is 17.5. The van der Waals surface area contributed by atoms with E-state index >= 15 is 0 Å². The van der Waals surface area contributed by atoms with E-state index in [2.05, 4.69) is 0 Å². The number of methoxy groups -OCH3 is 4. The maximum Gasteiger partial charge on any atom is 0.329 e. The number of hydrogen-bond donors (Lipinski definition) is 2. The summed E-state index contributed by atoms with van der Waals surface area (Å²) >= 11 is 0. The standard InChI is InChI=1S/C41H53NO10/c1-47-34-19-17-27(23-35(34)48-2)16-18-33(29-13-10-14-31(44)24-29)52-41(46)32-15-8-9-20-42(32)40(45)38(28-11-6-5-7-12-28)30-25-36(49-3)39(51-22-21-43)37(26-30)50-4/h10,13-14,17,19,23-26,28,32-33,38,43-44H,5-9,11-12,15-16,18,20-22H2,1-4H3. The molecule has 52 heavy (non-hydrogen) atoms. The summed E-state index contributed by atoms with van der Waals surface area (Å²) in [6, 6.07) is 15.4. The summed E-state index contributed by atoms with van der Waals surface area (Å²) in [5, 5.41) is 19.7. The lowest BCUT2D eigenvalue weighted by atomic mass is 9.75. The Morgan fingerprint density at radius 3 is 2.13 bits per heavy atom. The molecule has 3 aromatic rings. The van der Waals surface area contributed by atoms with Gasteiger partial charge in [0.1, 0.15) is 24.5 Å². The molecule has 3 atom stereocenters. The minimum atomic E-state index is -0.760. The number of amides is 1. The number of aliphatic hydroxyl groups excluding tert-OH is 1. The van der Waals surface area contributed by atoms with Crippen LogP contribution in [-0.2, 0) is 20.7 Å². The van der Waals surface area contributed by atoms with Gasteiger partial charge in [-0.15, -0.1) is 0 Å². The third-order valence-electron chi connectivity index (χ3n) is 10.3. The first kappa shape index (κ1) is 38.6. The van der Waals surface area contributed by atoms with Crippen LogP contribution in [0.15, 0.2) is 54.6 Å². The van der Waals surface area contributed by atoms with Gasteiger partial charge in [0.25, 0.3) is 0 Å². The molecular formula is C41H53NO10. The Morgan fingerprint density at radius 1 is 0.788 bits per heavy atom. The molecule has 3 aromatic carbocycles. The van der Waals surface area contributed by atoms with Crippen LogP contribution in [0.5, 0.6) is 34.5 Å². The van der Waals surface area contributed by atoms with Gasteiger partial charge in [-0.25, -0.2) is 4.79 Å². The summed E-state index contributed by atoms with van der Waals surface area (Å²) in [4.78, 5) is 30.9. The van der Waals surface area contributed by atoms with Crippen LogP contribution >= 0.6 is 0 Å². The maximum atomic E-state index is 14.9. The fourth-order valence-corrected chi connectivity index (χ4v) is 7.64. The number of carbonyl (C=O) groups is 2. The van der Waals surface area contributed by atoms with Crippen LogP contribution in [0, 0.1) is 5.92 Å². The Labute approximate surface area is 306 Å². The Bertz CT molecular complexity index is 1610. The molecule has 1 heterocycles. The second-order valence-electron chi connectivity index (χ2n) is 13.5. The van der Waals surface area contributed by atoms with Crippen molar-refractivity contribution in [3.63, 3.8) is 0 Å². The van der Waals surface area contributed by atoms with Crippen LogP contribution in [0.2, 0.25) is 0 Å². The molecule has 0 bridgehead atoms. The number of benzene rings is 3. The van der Waals surface area contributed by atoms with Crippen molar-refractivity contribution in [2.75, 3.05) is 48.2 Å². The van der Waals surface area contributed by atoms with Gasteiger partial charge in [0.2, 0.25) is 11.7 Å². The Morgan fingerprint density at radius 2 is 1.48 bits per heavy atom. The largest absolute Gasteiger partial charge is 0.508 e. The van der Waals surface area contributed by atoms with Gasteiger partial charge in [0.15, 0.2) is 23.0 Å². The predicted molar refractivity (Wildman–Crippen MR) is 196 cm³/mol. The molecule has 2 fully saturated rings. The highest BCUT2D eigenvalue weighted by molar-refractivity contribution is 5.89. The number of aryl methyl sites for hydroxylation is 1. The molecule has 0 radical (unpaired) electrons. The molecule has 3 unspecified atom stereocenters. The lowest BCUT2D eigenvalue weighted by Crippen LogP contribution is -2.51. The highest BCUT2D eigenvalue weighted by Crippen LogP contribution is 2.45. The van der Waals surface area contributed by atoms with Crippen LogP contribution < -0.4 is 23.7 Å². The number of likely N-dealkylation sites (tertiary alicyclic amines) is 1. The highest BCUT2D eigenvalue weighted by Gasteiger charge is 2.41. The quantitative estimate of drug-likeness (QED) is 0.153. The summed E-state index contributed by atoms with van der Waals surface area (Å²) in [6.07, 6.45) is 7.36. The van der Waals surface area contributed by atoms with E-state index in [9.17, 15) is 19.8 Å². The molecule has 2 aliphatic rings. The first-order valence-corrected chi connectivity index (χ1v) is 18.3. The number of esters is 1. The van der Waals surface area contributed by atoms with E-state index in [1.165, 1.54) is 14.2 Å². The first-order chi connectivity index (χ1) is 25.3. The van der Waals surface area contributed by atoms with Crippen molar-refractivity contribution < 1.29 is 48.2 Å². The van der Waals surface area contributed by atoms with Crippen LogP contribution in [0.3, 0.4) is 0 Å². The average molecular weight is 720 g/mol. The number of phenolic OH excluding ortho intramolecular Hbond substituents is 1. The highest BCUT2D eigenvalue weighted by atomic mass is 16.5. The van der Waals surface area contributed by atoms with Crippen LogP contribution in [-0.4, -0.2) is 81.2 Å². The van der Waals surface area contributed by atoms with Crippen molar-refractivity contribution in [1.29, 1.82) is 0 Å². The second-order valence-corrected chi connectivity index (χ2v) is 13.5. The van der Waals surface area contributed by atoms with Gasteiger partial charge in [-0.1, -0.05) is 37.5 Å². The minimum Gasteiger partial charge on any atom is -0.508 e. The van der Waals surface area contributed by atoms with Gasteiger partial charge >= 0.3 is 5.97 Å². The van der Waals surface area contributed by atoms with Crippen LogP contribution in [0.25, 0.3) is 0 Å². The van der Waals surface area contributed by atoms with Crippen molar-refractivity contribution in [3.8, 4) is 34.5 Å². The number of hydrogen-bond acceptors (Lipinski definition) is 10.